The summed E-state index contributed by atoms with van der Waals surface area (Å²) in [6, 6.07) is 6.11. The van der Waals surface area contributed by atoms with Gasteiger partial charge in [0.2, 0.25) is 0 Å². The van der Waals surface area contributed by atoms with Crippen molar-refractivity contribution in [2.45, 2.75) is 52.2 Å². The summed E-state index contributed by atoms with van der Waals surface area (Å²) >= 11 is 0. The molecule has 8 heteroatoms. The zero-order valence-electron chi connectivity index (χ0n) is 19.0. The normalized spacial score (nSPS) is 16.9. The molecule has 0 radical (unpaired) electrons. The van der Waals surface area contributed by atoms with E-state index in [0.29, 0.717) is 19.8 Å². The molecule has 0 bridgehead atoms. The first kappa shape index (κ1) is 26.8. The molecule has 1 fully saturated rings. The fourth-order valence-electron chi connectivity index (χ4n) is 3.34. The average Bonchev–Trinajstić information content (AvgIpc) is 2.74. The van der Waals surface area contributed by atoms with Crippen molar-refractivity contribution >= 4 is 29.9 Å². The molecule has 1 atom stereocenters. The first-order chi connectivity index (χ1) is 14.1. The lowest BCUT2D eigenvalue weighted by Crippen LogP contribution is -2.44. The van der Waals surface area contributed by atoms with Crippen molar-refractivity contribution in [3.8, 4) is 11.5 Å². The summed E-state index contributed by atoms with van der Waals surface area (Å²) in [5.41, 5.74) is 0.862. The van der Waals surface area contributed by atoms with Gasteiger partial charge in [-0.25, -0.2) is 0 Å². The number of rotatable bonds is 10. The number of ether oxygens (including phenoxy) is 4. The number of benzene rings is 1. The molecule has 1 aromatic rings. The fourth-order valence-corrected chi connectivity index (χ4v) is 3.34. The average molecular weight is 535 g/mol. The highest BCUT2D eigenvalue weighted by Gasteiger charge is 2.32. The van der Waals surface area contributed by atoms with Crippen molar-refractivity contribution in [2.24, 2.45) is 4.99 Å². The van der Waals surface area contributed by atoms with Crippen LogP contribution in [0.15, 0.2) is 23.2 Å². The van der Waals surface area contributed by atoms with Crippen molar-refractivity contribution in [2.75, 3.05) is 46.6 Å². The summed E-state index contributed by atoms with van der Waals surface area (Å²) in [7, 11) is 1.76. The van der Waals surface area contributed by atoms with Crippen molar-refractivity contribution in [3.63, 3.8) is 0 Å². The van der Waals surface area contributed by atoms with E-state index in [0.717, 1.165) is 55.6 Å². The van der Waals surface area contributed by atoms with E-state index >= 15 is 0 Å². The number of halogens is 1. The minimum absolute atomic E-state index is 0. The molecule has 1 heterocycles. The number of aliphatic imine (C=N–C) groups is 1. The molecule has 0 aliphatic carbocycles. The van der Waals surface area contributed by atoms with Crippen LogP contribution in [0.1, 0.15) is 52.1 Å². The Balaban J connectivity index is 0.00000450. The molecular formula is C22H38IN3O4. The van der Waals surface area contributed by atoms with E-state index in [1.165, 1.54) is 0 Å². The largest absolute Gasteiger partial charge is 0.490 e. The SMILES string of the molecule is CCNC(=NCC1(OC)CCOCC1)NC(C)c1ccc(OCC)c(OCC)c1.I. The number of nitrogens with one attached hydrogen (secondary N) is 2. The van der Waals surface area contributed by atoms with E-state index in [1.54, 1.807) is 7.11 Å². The van der Waals surface area contributed by atoms with Crippen molar-refractivity contribution in [1.29, 1.82) is 0 Å². The van der Waals surface area contributed by atoms with E-state index in [-0.39, 0.29) is 35.6 Å². The van der Waals surface area contributed by atoms with Crippen LogP contribution in [0.4, 0.5) is 0 Å². The second-order valence-corrected chi connectivity index (χ2v) is 7.13. The van der Waals surface area contributed by atoms with Crippen molar-refractivity contribution < 1.29 is 18.9 Å². The van der Waals surface area contributed by atoms with Crippen LogP contribution >= 0.6 is 24.0 Å². The predicted molar refractivity (Wildman–Crippen MR) is 132 cm³/mol. The van der Waals surface area contributed by atoms with Gasteiger partial charge in [-0.15, -0.1) is 24.0 Å². The van der Waals surface area contributed by atoms with Crippen LogP contribution in [0.5, 0.6) is 11.5 Å². The number of nitrogens with zero attached hydrogens (tertiary/aromatic N) is 1. The number of hydrogen-bond acceptors (Lipinski definition) is 5. The summed E-state index contributed by atoms with van der Waals surface area (Å²) in [6.45, 7) is 12.1. The number of guanidine groups is 1. The summed E-state index contributed by atoms with van der Waals surface area (Å²) < 4.78 is 22.7. The van der Waals surface area contributed by atoms with Crippen LogP contribution in [-0.2, 0) is 9.47 Å². The van der Waals surface area contributed by atoms with Gasteiger partial charge in [-0.1, -0.05) is 6.07 Å². The Kier molecular flexibility index (Phi) is 12.4. The van der Waals surface area contributed by atoms with Gasteiger partial charge < -0.3 is 29.6 Å². The third kappa shape index (κ3) is 7.77. The summed E-state index contributed by atoms with van der Waals surface area (Å²) in [6.07, 6.45) is 1.72. The molecule has 0 spiro atoms. The van der Waals surface area contributed by atoms with Crippen LogP contribution in [0.3, 0.4) is 0 Å². The highest BCUT2D eigenvalue weighted by molar-refractivity contribution is 14.0. The Bertz CT molecular complexity index is 651. The van der Waals surface area contributed by atoms with Gasteiger partial charge in [-0.3, -0.25) is 4.99 Å². The van der Waals surface area contributed by atoms with E-state index in [1.807, 2.05) is 26.0 Å². The molecule has 1 saturated heterocycles. The van der Waals surface area contributed by atoms with Gasteiger partial charge in [-0.05, 0) is 45.4 Å². The lowest BCUT2D eigenvalue weighted by molar-refractivity contribution is -0.0828. The predicted octanol–water partition coefficient (Wildman–Crippen LogP) is 3.91. The van der Waals surface area contributed by atoms with Gasteiger partial charge in [0.1, 0.15) is 0 Å². The quantitative estimate of drug-likeness (QED) is 0.269. The maximum absolute atomic E-state index is 5.80. The van der Waals surface area contributed by atoms with Gasteiger partial charge in [0.05, 0.1) is 31.4 Å². The van der Waals surface area contributed by atoms with Gasteiger partial charge in [0.15, 0.2) is 17.5 Å². The van der Waals surface area contributed by atoms with Gasteiger partial charge >= 0.3 is 0 Å². The van der Waals surface area contributed by atoms with Crippen LogP contribution in [0.25, 0.3) is 0 Å². The zero-order chi connectivity index (χ0) is 21.1. The Hall–Kier alpha value is -1.26. The minimum Gasteiger partial charge on any atom is -0.490 e. The third-order valence-corrected chi connectivity index (χ3v) is 5.13. The number of methoxy groups -OCH3 is 1. The first-order valence-electron chi connectivity index (χ1n) is 10.6. The highest BCUT2D eigenvalue weighted by atomic mass is 127. The molecule has 1 unspecified atom stereocenters. The lowest BCUT2D eigenvalue weighted by atomic mass is 9.94. The molecule has 172 valence electrons. The molecule has 30 heavy (non-hydrogen) atoms. The summed E-state index contributed by atoms with van der Waals surface area (Å²) in [5.74, 6) is 2.31. The first-order valence-corrected chi connectivity index (χ1v) is 10.6. The minimum atomic E-state index is -0.245. The van der Waals surface area contributed by atoms with Crippen LogP contribution in [0.2, 0.25) is 0 Å². The maximum atomic E-state index is 5.80. The summed E-state index contributed by atoms with van der Waals surface area (Å²) in [5, 5.41) is 6.82. The topological polar surface area (TPSA) is 73.3 Å². The molecule has 7 nitrogen and oxygen atoms in total. The molecule has 2 N–H and O–H groups in total. The standard InChI is InChI=1S/C22H37N3O4.HI/c1-6-23-21(24-16-22(26-5)11-13-27-14-12-22)25-17(4)18-9-10-19(28-7-2)20(15-18)29-8-3;/h9-10,15,17H,6-8,11-14,16H2,1-5H3,(H2,23,24,25);1H. The van der Waals surface area contributed by atoms with Crippen molar-refractivity contribution in [1.82, 2.24) is 10.6 Å². The molecule has 0 saturated carbocycles. The fraction of sp³-hybridized carbons (Fsp3) is 0.682. The van der Waals surface area contributed by atoms with E-state index in [9.17, 15) is 0 Å². The van der Waals surface area contributed by atoms with E-state index in [4.69, 9.17) is 23.9 Å². The smallest absolute Gasteiger partial charge is 0.191 e. The second-order valence-electron chi connectivity index (χ2n) is 7.13. The molecule has 1 aliphatic heterocycles. The van der Waals surface area contributed by atoms with Crippen LogP contribution < -0.4 is 20.1 Å². The molecule has 0 amide bonds. The maximum Gasteiger partial charge on any atom is 0.191 e. The monoisotopic (exact) mass is 535 g/mol. The Morgan fingerprint density at radius 1 is 1.13 bits per heavy atom. The Morgan fingerprint density at radius 2 is 1.80 bits per heavy atom. The molecule has 1 aromatic carbocycles. The van der Waals surface area contributed by atoms with Crippen molar-refractivity contribution in [3.05, 3.63) is 23.8 Å². The van der Waals surface area contributed by atoms with Crippen LogP contribution in [0, 0.1) is 0 Å². The van der Waals surface area contributed by atoms with Gasteiger partial charge in [0, 0.05) is 39.7 Å². The highest BCUT2D eigenvalue weighted by Crippen LogP contribution is 2.31. The molecular weight excluding hydrogens is 497 g/mol. The lowest BCUT2D eigenvalue weighted by Gasteiger charge is -2.34. The van der Waals surface area contributed by atoms with E-state index in [2.05, 4.69) is 30.5 Å². The Labute approximate surface area is 198 Å². The van der Waals surface area contributed by atoms with Gasteiger partial charge in [-0.2, -0.15) is 0 Å². The molecule has 0 aromatic heterocycles. The third-order valence-electron chi connectivity index (χ3n) is 5.13. The molecule has 2 rings (SSSR count). The van der Waals surface area contributed by atoms with Gasteiger partial charge in [0.25, 0.3) is 0 Å². The molecule has 1 aliphatic rings. The second kappa shape index (κ2) is 13.9. The zero-order valence-corrected chi connectivity index (χ0v) is 21.3. The summed E-state index contributed by atoms with van der Waals surface area (Å²) in [4.78, 5) is 4.81. The van der Waals surface area contributed by atoms with Crippen LogP contribution in [-0.4, -0.2) is 58.2 Å². The Morgan fingerprint density at radius 3 is 2.40 bits per heavy atom. The number of hydrogen-bond donors (Lipinski definition) is 2. The van der Waals surface area contributed by atoms with E-state index < -0.39 is 0 Å².